The van der Waals surface area contributed by atoms with Crippen molar-refractivity contribution in [2.24, 2.45) is 0 Å². The van der Waals surface area contributed by atoms with Gasteiger partial charge < -0.3 is 24.8 Å². The lowest BCUT2D eigenvalue weighted by atomic mass is 10.4. The standard InChI is InChI=1S/C15H30N2O4/c1-2-3-7-19-9-11-21-12-10-20-8-6-16-13-15(18)17-14-4-5-14/h14,16H,2-13H2,1H3,(H,17,18). The highest BCUT2D eigenvalue weighted by atomic mass is 16.5. The van der Waals surface area contributed by atoms with Gasteiger partial charge in [0.15, 0.2) is 0 Å². The van der Waals surface area contributed by atoms with E-state index in [1.807, 2.05) is 0 Å². The molecule has 0 unspecified atom stereocenters. The van der Waals surface area contributed by atoms with Crippen LogP contribution in [0.3, 0.4) is 0 Å². The lowest BCUT2D eigenvalue weighted by Crippen LogP contribution is -2.36. The van der Waals surface area contributed by atoms with Crippen LogP contribution >= 0.6 is 0 Å². The quantitative estimate of drug-likeness (QED) is 0.436. The number of hydrogen-bond acceptors (Lipinski definition) is 5. The molecule has 21 heavy (non-hydrogen) atoms. The molecule has 1 fully saturated rings. The average molecular weight is 302 g/mol. The van der Waals surface area contributed by atoms with Crippen molar-refractivity contribution in [1.29, 1.82) is 0 Å². The molecule has 1 saturated carbocycles. The van der Waals surface area contributed by atoms with E-state index in [9.17, 15) is 4.79 Å². The van der Waals surface area contributed by atoms with E-state index in [-0.39, 0.29) is 5.91 Å². The highest BCUT2D eigenvalue weighted by Crippen LogP contribution is 2.18. The number of rotatable bonds is 15. The number of hydrogen-bond donors (Lipinski definition) is 2. The minimum absolute atomic E-state index is 0.0731. The Balaban J connectivity index is 1.67. The molecule has 0 radical (unpaired) electrons. The monoisotopic (exact) mass is 302 g/mol. The lowest BCUT2D eigenvalue weighted by molar-refractivity contribution is -0.120. The third-order valence-electron chi connectivity index (χ3n) is 3.04. The number of carbonyl (C=O) groups is 1. The zero-order chi connectivity index (χ0) is 15.2. The van der Waals surface area contributed by atoms with Crippen LogP contribution in [0.2, 0.25) is 0 Å². The molecule has 1 aliphatic rings. The number of unbranched alkanes of at least 4 members (excludes halogenated alkanes) is 1. The summed E-state index contributed by atoms with van der Waals surface area (Å²) in [5, 5.41) is 5.97. The van der Waals surface area contributed by atoms with Crippen LogP contribution in [0.1, 0.15) is 32.6 Å². The smallest absolute Gasteiger partial charge is 0.234 e. The molecule has 0 aromatic heterocycles. The summed E-state index contributed by atoms with van der Waals surface area (Å²) >= 11 is 0. The summed E-state index contributed by atoms with van der Waals surface area (Å²) < 4.78 is 16.1. The molecule has 0 aromatic carbocycles. The van der Waals surface area contributed by atoms with Crippen LogP contribution in [0.5, 0.6) is 0 Å². The van der Waals surface area contributed by atoms with Crippen molar-refractivity contribution in [3.63, 3.8) is 0 Å². The van der Waals surface area contributed by atoms with E-state index in [0.29, 0.717) is 52.2 Å². The molecule has 1 amide bonds. The van der Waals surface area contributed by atoms with Crippen LogP contribution < -0.4 is 10.6 Å². The maximum Gasteiger partial charge on any atom is 0.234 e. The van der Waals surface area contributed by atoms with Gasteiger partial charge in [0.2, 0.25) is 5.91 Å². The van der Waals surface area contributed by atoms with Gasteiger partial charge in [0.25, 0.3) is 0 Å². The van der Waals surface area contributed by atoms with Gasteiger partial charge in [-0.05, 0) is 19.3 Å². The molecule has 6 heteroatoms. The normalized spacial score (nSPS) is 14.3. The van der Waals surface area contributed by atoms with E-state index in [1.54, 1.807) is 0 Å². The Morgan fingerprint density at radius 1 is 1.00 bits per heavy atom. The molecule has 2 N–H and O–H groups in total. The maximum atomic E-state index is 11.3. The maximum absolute atomic E-state index is 11.3. The largest absolute Gasteiger partial charge is 0.379 e. The fourth-order valence-corrected chi connectivity index (χ4v) is 1.64. The number of ether oxygens (including phenoxy) is 3. The van der Waals surface area contributed by atoms with Gasteiger partial charge in [0.05, 0.1) is 39.6 Å². The fourth-order valence-electron chi connectivity index (χ4n) is 1.64. The Morgan fingerprint density at radius 2 is 1.62 bits per heavy atom. The molecular formula is C15H30N2O4. The van der Waals surface area contributed by atoms with Crippen molar-refractivity contribution in [3.05, 3.63) is 0 Å². The van der Waals surface area contributed by atoms with Crippen molar-refractivity contribution in [2.45, 2.75) is 38.6 Å². The first-order valence-corrected chi connectivity index (χ1v) is 8.06. The van der Waals surface area contributed by atoms with Crippen LogP contribution in [0.15, 0.2) is 0 Å². The second kappa shape index (κ2) is 13.0. The summed E-state index contributed by atoms with van der Waals surface area (Å²) in [5.41, 5.74) is 0. The van der Waals surface area contributed by atoms with E-state index < -0.39 is 0 Å². The predicted octanol–water partition coefficient (Wildman–Crippen LogP) is 0.705. The Hall–Kier alpha value is -0.690. The van der Waals surface area contributed by atoms with E-state index in [0.717, 1.165) is 32.3 Å². The first kappa shape index (κ1) is 18.4. The molecule has 124 valence electrons. The minimum Gasteiger partial charge on any atom is -0.379 e. The second-order valence-corrected chi connectivity index (χ2v) is 5.21. The number of nitrogens with one attached hydrogen (secondary N) is 2. The molecule has 0 saturated heterocycles. The van der Waals surface area contributed by atoms with Gasteiger partial charge in [0.1, 0.15) is 0 Å². The Bertz CT molecular complexity index is 260. The summed E-state index contributed by atoms with van der Waals surface area (Å²) in [5.74, 6) is 0.0731. The summed E-state index contributed by atoms with van der Waals surface area (Å²) in [6.07, 6.45) is 4.51. The zero-order valence-corrected chi connectivity index (χ0v) is 13.2. The van der Waals surface area contributed by atoms with Gasteiger partial charge in [-0.25, -0.2) is 0 Å². The van der Waals surface area contributed by atoms with Crippen LogP contribution in [0, 0.1) is 0 Å². The topological polar surface area (TPSA) is 68.8 Å². The molecule has 1 aliphatic carbocycles. The zero-order valence-electron chi connectivity index (χ0n) is 13.2. The van der Waals surface area contributed by atoms with Crippen molar-refractivity contribution >= 4 is 5.91 Å². The molecule has 0 aromatic rings. The predicted molar refractivity (Wildman–Crippen MR) is 81.4 cm³/mol. The van der Waals surface area contributed by atoms with E-state index in [1.165, 1.54) is 0 Å². The third-order valence-corrected chi connectivity index (χ3v) is 3.04. The minimum atomic E-state index is 0.0731. The molecule has 6 nitrogen and oxygen atoms in total. The van der Waals surface area contributed by atoms with Gasteiger partial charge in [-0.15, -0.1) is 0 Å². The third kappa shape index (κ3) is 12.7. The van der Waals surface area contributed by atoms with Crippen molar-refractivity contribution in [3.8, 4) is 0 Å². The molecule has 0 aliphatic heterocycles. The summed E-state index contributed by atoms with van der Waals surface area (Å²) in [7, 11) is 0. The van der Waals surface area contributed by atoms with Crippen LogP contribution in [0.4, 0.5) is 0 Å². The molecule has 0 spiro atoms. The Labute approximate surface area is 127 Å². The van der Waals surface area contributed by atoms with Crippen molar-refractivity contribution in [1.82, 2.24) is 10.6 Å². The van der Waals surface area contributed by atoms with Gasteiger partial charge in [0, 0.05) is 19.2 Å². The molecular weight excluding hydrogens is 272 g/mol. The second-order valence-electron chi connectivity index (χ2n) is 5.21. The number of amides is 1. The highest BCUT2D eigenvalue weighted by Gasteiger charge is 2.22. The van der Waals surface area contributed by atoms with E-state index >= 15 is 0 Å². The summed E-state index contributed by atoms with van der Waals surface area (Å²) in [6.45, 7) is 7.02. The van der Waals surface area contributed by atoms with Gasteiger partial charge in [-0.2, -0.15) is 0 Å². The van der Waals surface area contributed by atoms with E-state index in [2.05, 4.69) is 17.6 Å². The fraction of sp³-hybridized carbons (Fsp3) is 0.933. The van der Waals surface area contributed by atoms with Crippen LogP contribution in [-0.4, -0.2) is 64.7 Å². The van der Waals surface area contributed by atoms with Gasteiger partial charge >= 0.3 is 0 Å². The molecule has 0 bridgehead atoms. The summed E-state index contributed by atoms with van der Waals surface area (Å²) in [4.78, 5) is 11.3. The van der Waals surface area contributed by atoms with Crippen LogP contribution in [0.25, 0.3) is 0 Å². The highest BCUT2D eigenvalue weighted by molar-refractivity contribution is 5.78. The molecule has 0 atom stereocenters. The summed E-state index contributed by atoms with van der Waals surface area (Å²) in [6, 6.07) is 0.429. The van der Waals surface area contributed by atoms with Gasteiger partial charge in [-0.1, -0.05) is 13.3 Å². The molecule has 0 heterocycles. The average Bonchev–Trinajstić information content (AvgIpc) is 3.28. The Kier molecular flexibility index (Phi) is 11.4. The van der Waals surface area contributed by atoms with Gasteiger partial charge in [-0.3, -0.25) is 4.79 Å². The first-order chi connectivity index (χ1) is 10.3. The number of carbonyl (C=O) groups excluding carboxylic acids is 1. The Morgan fingerprint density at radius 3 is 2.24 bits per heavy atom. The lowest BCUT2D eigenvalue weighted by Gasteiger charge is -2.07. The van der Waals surface area contributed by atoms with Crippen molar-refractivity contribution in [2.75, 3.05) is 52.7 Å². The molecule has 1 rings (SSSR count). The SMILES string of the molecule is CCCCOCCOCCOCCNCC(=O)NC1CC1. The van der Waals surface area contributed by atoms with E-state index in [4.69, 9.17) is 14.2 Å². The van der Waals surface area contributed by atoms with Crippen LogP contribution in [-0.2, 0) is 19.0 Å². The first-order valence-electron chi connectivity index (χ1n) is 8.06. The van der Waals surface area contributed by atoms with Crippen molar-refractivity contribution < 1.29 is 19.0 Å².